The SMILES string of the molecule is CC(=O)Nc1cccc(C(=O)Nc2nc(C)c(N)s2)c1. The van der Waals surface area contributed by atoms with Gasteiger partial charge in [-0.1, -0.05) is 17.4 Å². The van der Waals surface area contributed by atoms with Crippen LogP contribution in [0.25, 0.3) is 0 Å². The van der Waals surface area contributed by atoms with Gasteiger partial charge in [-0.2, -0.15) is 0 Å². The first-order valence-electron chi connectivity index (χ1n) is 5.87. The minimum atomic E-state index is -0.300. The summed E-state index contributed by atoms with van der Waals surface area (Å²) in [6, 6.07) is 6.66. The Morgan fingerprint density at radius 2 is 2.05 bits per heavy atom. The van der Waals surface area contributed by atoms with Crippen molar-refractivity contribution < 1.29 is 9.59 Å². The number of nitrogen functional groups attached to an aromatic ring is 1. The number of amides is 2. The van der Waals surface area contributed by atoms with E-state index in [2.05, 4.69) is 15.6 Å². The van der Waals surface area contributed by atoms with Crippen LogP contribution in [0, 0.1) is 6.92 Å². The summed E-state index contributed by atoms with van der Waals surface area (Å²) in [5, 5.41) is 6.33. The van der Waals surface area contributed by atoms with Crippen molar-refractivity contribution in [1.82, 2.24) is 4.98 Å². The fraction of sp³-hybridized carbons (Fsp3) is 0.154. The second-order valence-electron chi connectivity index (χ2n) is 4.18. The molecule has 2 aromatic rings. The Morgan fingerprint density at radius 3 is 2.65 bits per heavy atom. The molecule has 104 valence electrons. The fourth-order valence-corrected chi connectivity index (χ4v) is 2.30. The number of rotatable bonds is 3. The van der Waals surface area contributed by atoms with Crippen LogP contribution in [0.2, 0.25) is 0 Å². The number of hydrogen-bond acceptors (Lipinski definition) is 5. The van der Waals surface area contributed by atoms with Crippen LogP contribution >= 0.6 is 11.3 Å². The summed E-state index contributed by atoms with van der Waals surface area (Å²) >= 11 is 1.22. The molecule has 0 fully saturated rings. The van der Waals surface area contributed by atoms with E-state index >= 15 is 0 Å². The van der Waals surface area contributed by atoms with Gasteiger partial charge in [0.2, 0.25) is 5.91 Å². The van der Waals surface area contributed by atoms with E-state index in [4.69, 9.17) is 5.73 Å². The number of thiazole rings is 1. The molecule has 2 rings (SSSR count). The predicted octanol–water partition coefficient (Wildman–Crippen LogP) is 2.24. The standard InChI is InChI=1S/C13H14N4O2S/c1-7-11(14)20-13(15-7)17-12(19)9-4-3-5-10(6-9)16-8(2)18/h3-6H,14H2,1-2H3,(H,16,18)(H,15,17,19). The highest BCUT2D eigenvalue weighted by molar-refractivity contribution is 7.19. The number of aryl methyl sites for hydroxylation is 1. The third-order valence-corrected chi connectivity index (χ3v) is 3.40. The zero-order chi connectivity index (χ0) is 14.7. The van der Waals surface area contributed by atoms with Crippen molar-refractivity contribution in [3.8, 4) is 0 Å². The Hall–Kier alpha value is -2.41. The highest BCUT2D eigenvalue weighted by Gasteiger charge is 2.11. The Morgan fingerprint density at radius 1 is 1.30 bits per heavy atom. The normalized spacial score (nSPS) is 10.1. The lowest BCUT2D eigenvalue weighted by molar-refractivity contribution is -0.114. The molecule has 0 unspecified atom stereocenters. The van der Waals surface area contributed by atoms with Crippen molar-refractivity contribution in [2.24, 2.45) is 0 Å². The third-order valence-electron chi connectivity index (χ3n) is 2.50. The molecule has 4 N–H and O–H groups in total. The van der Waals surface area contributed by atoms with Gasteiger partial charge < -0.3 is 11.1 Å². The van der Waals surface area contributed by atoms with Crippen molar-refractivity contribution >= 4 is 39.0 Å². The first-order chi connectivity index (χ1) is 9.45. The minimum Gasteiger partial charge on any atom is -0.389 e. The predicted molar refractivity (Wildman–Crippen MR) is 80.0 cm³/mol. The lowest BCUT2D eigenvalue weighted by atomic mass is 10.2. The van der Waals surface area contributed by atoms with Gasteiger partial charge in [-0.3, -0.25) is 14.9 Å². The second-order valence-corrected chi connectivity index (χ2v) is 5.22. The van der Waals surface area contributed by atoms with Gasteiger partial charge in [-0.25, -0.2) is 4.98 Å². The van der Waals surface area contributed by atoms with Crippen LogP contribution in [-0.4, -0.2) is 16.8 Å². The van der Waals surface area contributed by atoms with Crippen molar-refractivity contribution in [1.29, 1.82) is 0 Å². The lowest BCUT2D eigenvalue weighted by Crippen LogP contribution is -2.13. The smallest absolute Gasteiger partial charge is 0.257 e. The van der Waals surface area contributed by atoms with Gasteiger partial charge in [0.25, 0.3) is 5.91 Å². The molecular formula is C13H14N4O2S. The van der Waals surface area contributed by atoms with E-state index < -0.39 is 0 Å². The first-order valence-corrected chi connectivity index (χ1v) is 6.69. The van der Waals surface area contributed by atoms with Gasteiger partial charge in [-0.15, -0.1) is 0 Å². The molecule has 0 atom stereocenters. The van der Waals surface area contributed by atoms with E-state index in [-0.39, 0.29) is 11.8 Å². The van der Waals surface area contributed by atoms with Crippen LogP contribution in [0.15, 0.2) is 24.3 Å². The van der Waals surface area contributed by atoms with Crippen LogP contribution < -0.4 is 16.4 Å². The summed E-state index contributed by atoms with van der Waals surface area (Å²) < 4.78 is 0. The molecular weight excluding hydrogens is 276 g/mol. The highest BCUT2D eigenvalue weighted by atomic mass is 32.1. The fourth-order valence-electron chi connectivity index (χ4n) is 1.57. The van der Waals surface area contributed by atoms with E-state index in [0.717, 1.165) is 0 Å². The van der Waals surface area contributed by atoms with Crippen molar-refractivity contribution in [3.63, 3.8) is 0 Å². The van der Waals surface area contributed by atoms with Crippen LogP contribution in [0.3, 0.4) is 0 Å². The van der Waals surface area contributed by atoms with Gasteiger partial charge in [0.05, 0.1) is 5.69 Å². The number of hydrogen-bond donors (Lipinski definition) is 3. The van der Waals surface area contributed by atoms with E-state index in [1.54, 1.807) is 31.2 Å². The number of nitrogens with two attached hydrogens (primary N) is 1. The molecule has 0 aliphatic heterocycles. The number of aromatic nitrogens is 1. The minimum absolute atomic E-state index is 0.189. The van der Waals surface area contributed by atoms with Crippen LogP contribution in [0.5, 0.6) is 0 Å². The summed E-state index contributed by atoms with van der Waals surface area (Å²) in [5.41, 5.74) is 7.39. The number of carbonyl (C=O) groups excluding carboxylic acids is 2. The maximum absolute atomic E-state index is 12.1. The average molecular weight is 290 g/mol. The number of benzene rings is 1. The van der Waals surface area contributed by atoms with Crippen LogP contribution in [0.4, 0.5) is 15.8 Å². The van der Waals surface area contributed by atoms with Crippen LogP contribution in [0.1, 0.15) is 23.0 Å². The monoisotopic (exact) mass is 290 g/mol. The quantitative estimate of drug-likeness (QED) is 0.807. The average Bonchev–Trinajstić information content (AvgIpc) is 2.67. The Labute approximate surface area is 120 Å². The molecule has 0 spiro atoms. The first kappa shape index (κ1) is 14.0. The number of nitrogens with zero attached hydrogens (tertiary/aromatic N) is 1. The zero-order valence-electron chi connectivity index (χ0n) is 11.1. The van der Waals surface area contributed by atoms with Gasteiger partial charge >= 0.3 is 0 Å². The van der Waals surface area contributed by atoms with Gasteiger partial charge in [0.15, 0.2) is 5.13 Å². The topological polar surface area (TPSA) is 97.1 Å². The molecule has 0 saturated heterocycles. The summed E-state index contributed by atoms with van der Waals surface area (Å²) in [6.45, 7) is 3.19. The maximum atomic E-state index is 12.1. The summed E-state index contributed by atoms with van der Waals surface area (Å²) in [4.78, 5) is 27.2. The van der Waals surface area contributed by atoms with Gasteiger partial charge in [-0.05, 0) is 25.1 Å². The van der Waals surface area contributed by atoms with E-state index in [0.29, 0.717) is 27.1 Å². The zero-order valence-corrected chi connectivity index (χ0v) is 11.9. The largest absolute Gasteiger partial charge is 0.389 e. The summed E-state index contributed by atoms with van der Waals surface area (Å²) in [7, 11) is 0. The van der Waals surface area contributed by atoms with Crippen molar-refractivity contribution in [3.05, 3.63) is 35.5 Å². The molecule has 2 amide bonds. The van der Waals surface area contributed by atoms with E-state index in [1.165, 1.54) is 18.3 Å². The molecule has 20 heavy (non-hydrogen) atoms. The molecule has 0 saturated carbocycles. The lowest BCUT2D eigenvalue weighted by Gasteiger charge is -2.05. The van der Waals surface area contributed by atoms with E-state index in [1.807, 2.05) is 0 Å². The molecule has 0 radical (unpaired) electrons. The Balaban J connectivity index is 2.14. The maximum Gasteiger partial charge on any atom is 0.257 e. The molecule has 0 aliphatic rings. The summed E-state index contributed by atoms with van der Waals surface area (Å²) in [5.74, 6) is -0.489. The van der Waals surface area contributed by atoms with Crippen molar-refractivity contribution in [2.75, 3.05) is 16.4 Å². The van der Waals surface area contributed by atoms with E-state index in [9.17, 15) is 9.59 Å². The molecule has 7 heteroatoms. The highest BCUT2D eigenvalue weighted by Crippen LogP contribution is 2.25. The van der Waals surface area contributed by atoms with Gasteiger partial charge in [0, 0.05) is 18.2 Å². The Bertz CT molecular complexity index is 647. The number of anilines is 3. The van der Waals surface area contributed by atoms with Crippen molar-refractivity contribution in [2.45, 2.75) is 13.8 Å². The van der Waals surface area contributed by atoms with Crippen LogP contribution in [-0.2, 0) is 4.79 Å². The molecule has 1 aromatic carbocycles. The number of carbonyl (C=O) groups is 2. The molecule has 1 heterocycles. The number of nitrogens with one attached hydrogen (secondary N) is 2. The third kappa shape index (κ3) is 3.33. The summed E-state index contributed by atoms with van der Waals surface area (Å²) in [6.07, 6.45) is 0. The second kappa shape index (κ2) is 5.70. The molecule has 0 aliphatic carbocycles. The molecule has 0 bridgehead atoms. The molecule has 1 aromatic heterocycles. The van der Waals surface area contributed by atoms with Gasteiger partial charge in [0.1, 0.15) is 5.00 Å². The molecule has 6 nitrogen and oxygen atoms in total. The Kier molecular flexibility index (Phi) is 3.99.